The van der Waals surface area contributed by atoms with Gasteiger partial charge >= 0.3 is 0 Å². The molecule has 0 spiro atoms. The molecule has 0 saturated heterocycles. The van der Waals surface area contributed by atoms with Crippen LogP contribution in [0.25, 0.3) is 17.0 Å². The predicted octanol–water partition coefficient (Wildman–Crippen LogP) is 3.48. The Morgan fingerprint density at radius 1 is 1.20 bits per heavy atom. The lowest BCUT2D eigenvalue weighted by Gasteiger charge is -2.43. The van der Waals surface area contributed by atoms with Crippen LogP contribution in [0, 0.1) is 5.92 Å². The van der Waals surface area contributed by atoms with Crippen LogP contribution in [0.4, 0.5) is 0 Å². The smallest absolute Gasteiger partial charge is 0.264 e. The third-order valence-electron chi connectivity index (χ3n) is 6.36. The fourth-order valence-corrected chi connectivity index (χ4v) is 5.05. The number of hydrogen-bond acceptors (Lipinski definition) is 3. The van der Waals surface area contributed by atoms with Crippen molar-refractivity contribution in [3.63, 3.8) is 0 Å². The number of fused-ring (bicyclic) bond motifs is 4. The molecule has 5 rings (SSSR count). The first-order chi connectivity index (χ1) is 12.2. The molecule has 1 N–H and O–H groups in total. The van der Waals surface area contributed by atoms with E-state index in [9.17, 15) is 4.79 Å². The highest BCUT2D eigenvalue weighted by atomic mass is 16.1. The SMILES string of the molecule is C[C@]1(C2CCCCC2)Cc2ccccc2-c2nc3[nH]ncn3c(=O)c21. The van der Waals surface area contributed by atoms with Gasteiger partial charge in [0.15, 0.2) is 0 Å². The first kappa shape index (κ1) is 14.9. The van der Waals surface area contributed by atoms with Crippen molar-refractivity contribution in [1.82, 2.24) is 19.6 Å². The van der Waals surface area contributed by atoms with Crippen LogP contribution in [-0.4, -0.2) is 19.6 Å². The van der Waals surface area contributed by atoms with Crippen molar-refractivity contribution in [2.24, 2.45) is 5.92 Å². The summed E-state index contributed by atoms with van der Waals surface area (Å²) in [7, 11) is 0. The van der Waals surface area contributed by atoms with Gasteiger partial charge in [0.25, 0.3) is 5.56 Å². The van der Waals surface area contributed by atoms with E-state index in [-0.39, 0.29) is 11.0 Å². The van der Waals surface area contributed by atoms with E-state index in [4.69, 9.17) is 4.98 Å². The molecule has 1 saturated carbocycles. The Bertz CT molecular complexity index is 1010. The van der Waals surface area contributed by atoms with Crippen LogP contribution in [0.3, 0.4) is 0 Å². The van der Waals surface area contributed by atoms with Crippen molar-refractivity contribution in [2.75, 3.05) is 0 Å². The summed E-state index contributed by atoms with van der Waals surface area (Å²) in [5.41, 5.74) is 4.02. The quantitative estimate of drug-likeness (QED) is 0.741. The van der Waals surface area contributed by atoms with Crippen LogP contribution >= 0.6 is 0 Å². The average Bonchev–Trinajstić information content (AvgIpc) is 3.11. The van der Waals surface area contributed by atoms with Crippen LogP contribution < -0.4 is 5.56 Å². The van der Waals surface area contributed by atoms with Crippen molar-refractivity contribution in [3.05, 3.63) is 52.1 Å². The summed E-state index contributed by atoms with van der Waals surface area (Å²) in [6, 6.07) is 8.40. The average molecular weight is 334 g/mol. The topological polar surface area (TPSA) is 63.1 Å². The van der Waals surface area contributed by atoms with Gasteiger partial charge in [-0.25, -0.2) is 14.5 Å². The second kappa shape index (κ2) is 5.28. The van der Waals surface area contributed by atoms with Crippen LogP contribution in [0.15, 0.2) is 35.4 Å². The molecule has 1 atom stereocenters. The molecule has 1 aromatic carbocycles. The Morgan fingerprint density at radius 3 is 2.84 bits per heavy atom. The lowest BCUT2D eigenvalue weighted by atomic mass is 9.60. The van der Waals surface area contributed by atoms with Crippen LogP contribution in [0.1, 0.15) is 50.2 Å². The molecule has 2 aliphatic rings. The van der Waals surface area contributed by atoms with E-state index in [1.165, 1.54) is 37.7 Å². The number of aromatic amines is 1. The maximum Gasteiger partial charge on any atom is 0.264 e. The molecule has 25 heavy (non-hydrogen) atoms. The zero-order valence-corrected chi connectivity index (χ0v) is 14.5. The van der Waals surface area contributed by atoms with Crippen LogP contribution in [-0.2, 0) is 11.8 Å². The first-order valence-corrected chi connectivity index (χ1v) is 9.23. The van der Waals surface area contributed by atoms with Crippen molar-refractivity contribution in [1.29, 1.82) is 0 Å². The van der Waals surface area contributed by atoms with Gasteiger partial charge < -0.3 is 0 Å². The molecule has 0 bridgehead atoms. The minimum atomic E-state index is -0.160. The van der Waals surface area contributed by atoms with Gasteiger partial charge in [0.2, 0.25) is 5.78 Å². The monoisotopic (exact) mass is 334 g/mol. The Morgan fingerprint density at radius 2 is 2.00 bits per heavy atom. The lowest BCUT2D eigenvalue weighted by Crippen LogP contribution is -2.44. The standard InChI is InChI=1S/C20H22N4O/c1-20(14-8-3-2-4-9-14)11-13-7-5-6-10-15(13)17-16(20)18(25)24-12-21-23-19(24)22-17/h5-7,10,12,14H,2-4,8-9,11H2,1H3,(H,22,23)/t20-/m1/s1. The second-order valence-electron chi connectivity index (χ2n) is 7.78. The molecule has 1 fully saturated rings. The Hall–Kier alpha value is -2.43. The minimum Gasteiger partial charge on any atom is -0.268 e. The highest BCUT2D eigenvalue weighted by Crippen LogP contribution is 2.48. The van der Waals surface area contributed by atoms with Gasteiger partial charge in [-0.05, 0) is 30.7 Å². The Labute approximate surface area is 146 Å². The summed E-state index contributed by atoms with van der Waals surface area (Å²) >= 11 is 0. The Kier molecular flexibility index (Phi) is 3.14. The molecule has 0 unspecified atom stereocenters. The highest BCUT2D eigenvalue weighted by molar-refractivity contribution is 5.72. The molecular formula is C20H22N4O. The number of rotatable bonds is 1. The number of aromatic nitrogens is 4. The van der Waals surface area contributed by atoms with E-state index in [1.54, 1.807) is 10.7 Å². The summed E-state index contributed by atoms with van der Waals surface area (Å²) in [5, 5.41) is 6.88. The van der Waals surface area contributed by atoms with Gasteiger partial charge in [0.1, 0.15) is 6.33 Å². The number of benzene rings is 1. The molecule has 0 radical (unpaired) electrons. The Balaban J connectivity index is 1.83. The summed E-state index contributed by atoms with van der Waals surface area (Å²) in [5.74, 6) is 1.05. The summed E-state index contributed by atoms with van der Waals surface area (Å²) in [4.78, 5) is 18.2. The molecule has 128 valence electrons. The maximum absolute atomic E-state index is 13.4. The van der Waals surface area contributed by atoms with Gasteiger partial charge in [-0.15, -0.1) is 0 Å². The van der Waals surface area contributed by atoms with Gasteiger partial charge in [0.05, 0.1) is 11.3 Å². The zero-order chi connectivity index (χ0) is 17.0. The predicted molar refractivity (Wildman–Crippen MR) is 96.7 cm³/mol. The van der Waals surface area contributed by atoms with Crippen LogP contribution in [0.2, 0.25) is 0 Å². The number of H-pyrrole nitrogens is 1. The second-order valence-corrected chi connectivity index (χ2v) is 7.78. The number of hydrogen-bond donors (Lipinski definition) is 1. The minimum absolute atomic E-state index is 0.0383. The van der Waals surface area contributed by atoms with Gasteiger partial charge in [-0.3, -0.25) is 4.79 Å². The first-order valence-electron chi connectivity index (χ1n) is 9.23. The molecule has 0 amide bonds. The van der Waals surface area contributed by atoms with Gasteiger partial charge in [-0.1, -0.05) is 50.5 Å². The largest absolute Gasteiger partial charge is 0.268 e. The van der Waals surface area contributed by atoms with Crippen molar-refractivity contribution < 1.29 is 0 Å². The summed E-state index contributed by atoms with van der Waals surface area (Å²) < 4.78 is 1.56. The van der Waals surface area contributed by atoms with E-state index in [0.717, 1.165) is 23.2 Å². The number of nitrogens with one attached hydrogen (secondary N) is 1. The van der Waals surface area contributed by atoms with Crippen LogP contribution in [0.5, 0.6) is 0 Å². The fourth-order valence-electron chi connectivity index (χ4n) is 5.05. The molecule has 3 aromatic rings. The van der Waals surface area contributed by atoms with Gasteiger partial charge in [-0.2, -0.15) is 5.10 Å². The van der Waals surface area contributed by atoms with E-state index >= 15 is 0 Å². The van der Waals surface area contributed by atoms with E-state index in [1.807, 2.05) is 6.07 Å². The highest BCUT2D eigenvalue weighted by Gasteiger charge is 2.44. The van der Waals surface area contributed by atoms with E-state index < -0.39 is 0 Å². The zero-order valence-electron chi connectivity index (χ0n) is 14.5. The number of nitrogens with zero attached hydrogens (tertiary/aromatic N) is 3. The van der Waals surface area contributed by atoms with E-state index in [2.05, 4.69) is 35.3 Å². The maximum atomic E-state index is 13.4. The van der Waals surface area contributed by atoms with Crippen molar-refractivity contribution >= 4 is 5.78 Å². The molecule has 2 aromatic heterocycles. The van der Waals surface area contributed by atoms with E-state index in [0.29, 0.717) is 11.7 Å². The normalized spacial score (nSPS) is 23.4. The molecule has 2 aliphatic carbocycles. The van der Waals surface area contributed by atoms with Gasteiger partial charge in [0, 0.05) is 11.0 Å². The molecular weight excluding hydrogens is 312 g/mol. The molecule has 5 heteroatoms. The molecule has 0 aliphatic heterocycles. The van der Waals surface area contributed by atoms with Crippen molar-refractivity contribution in [2.45, 2.75) is 50.9 Å². The fraction of sp³-hybridized carbons (Fsp3) is 0.450. The molecule has 5 nitrogen and oxygen atoms in total. The third kappa shape index (κ3) is 2.04. The lowest BCUT2D eigenvalue weighted by molar-refractivity contribution is 0.213. The molecule has 2 heterocycles. The summed E-state index contributed by atoms with van der Waals surface area (Å²) in [6.45, 7) is 2.29. The third-order valence-corrected chi connectivity index (χ3v) is 6.36. The van der Waals surface area contributed by atoms with Crippen molar-refractivity contribution in [3.8, 4) is 11.3 Å². The summed E-state index contributed by atoms with van der Waals surface area (Å²) in [6.07, 6.45) is 8.71.